The average molecular weight is 293 g/mol. The Morgan fingerprint density at radius 2 is 2.15 bits per heavy atom. The van der Waals surface area contributed by atoms with Crippen LogP contribution in [-0.2, 0) is 13.0 Å². The predicted molar refractivity (Wildman–Crippen MR) is 81.8 cm³/mol. The fourth-order valence-electron chi connectivity index (χ4n) is 2.19. The second kappa shape index (κ2) is 6.95. The summed E-state index contributed by atoms with van der Waals surface area (Å²) in [5, 5.41) is 8.96. The number of rotatable bonds is 7. The molecule has 20 heavy (non-hydrogen) atoms. The third kappa shape index (κ3) is 3.86. The van der Waals surface area contributed by atoms with Crippen molar-refractivity contribution in [3.05, 3.63) is 28.2 Å². The zero-order valence-corrected chi connectivity index (χ0v) is 13.4. The Morgan fingerprint density at radius 3 is 2.75 bits per heavy atom. The average Bonchev–Trinajstić information content (AvgIpc) is 2.98. The van der Waals surface area contributed by atoms with E-state index in [1.54, 1.807) is 17.7 Å². The minimum Gasteiger partial charge on any atom is -0.309 e. The van der Waals surface area contributed by atoms with Crippen LogP contribution in [0.5, 0.6) is 0 Å². The molecule has 0 aliphatic rings. The molecule has 0 bridgehead atoms. The van der Waals surface area contributed by atoms with Crippen molar-refractivity contribution in [1.82, 2.24) is 25.1 Å². The third-order valence-electron chi connectivity index (χ3n) is 3.05. The van der Waals surface area contributed by atoms with Crippen LogP contribution in [0.1, 0.15) is 42.5 Å². The molecule has 1 N–H and O–H groups in total. The van der Waals surface area contributed by atoms with Crippen LogP contribution >= 0.6 is 11.3 Å². The molecule has 0 fully saturated rings. The second-order valence-corrected chi connectivity index (χ2v) is 6.61. The molecule has 6 heteroatoms. The van der Waals surface area contributed by atoms with Crippen molar-refractivity contribution in [2.24, 2.45) is 5.92 Å². The maximum absolute atomic E-state index is 4.42. The fourth-order valence-corrected chi connectivity index (χ4v) is 3.05. The molecular weight excluding hydrogens is 270 g/mol. The molecule has 2 rings (SSSR count). The third-order valence-corrected chi connectivity index (χ3v) is 4.08. The van der Waals surface area contributed by atoms with Crippen LogP contribution in [-0.4, -0.2) is 26.3 Å². The van der Waals surface area contributed by atoms with Gasteiger partial charge in [-0.2, -0.15) is 5.10 Å². The predicted octanol–water partition coefficient (Wildman–Crippen LogP) is 2.59. The lowest BCUT2D eigenvalue weighted by Crippen LogP contribution is -2.24. The maximum Gasteiger partial charge on any atom is 0.138 e. The first kappa shape index (κ1) is 15.1. The Bertz CT molecular complexity index is 531. The number of nitrogens with zero attached hydrogens (tertiary/aromatic N) is 4. The highest BCUT2D eigenvalue weighted by Gasteiger charge is 2.17. The fraction of sp³-hybridized carbons (Fsp3) is 0.643. The molecule has 2 aromatic heterocycles. The second-order valence-electron chi connectivity index (χ2n) is 5.35. The van der Waals surface area contributed by atoms with Gasteiger partial charge >= 0.3 is 0 Å². The zero-order valence-electron chi connectivity index (χ0n) is 12.6. The highest BCUT2D eigenvalue weighted by Crippen LogP contribution is 2.23. The van der Waals surface area contributed by atoms with Gasteiger partial charge in [0.15, 0.2) is 0 Å². The van der Waals surface area contributed by atoms with Gasteiger partial charge in [0.05, 0.1) is 11.0 Å². The van der Waals surface area contributed by atoms with Gasteiger partial charge in [-0.05, 0) is 19.4 Å². The molecule has 2 aromatic rings. The number of aryl methyl sites for hydroxylation is 1. The van der Waals surface area contributed by atoms with E-state index in [1.807, 2.05) is 17.8 Å². The number of nitrogens with one attached hydrogen (secondary N) is 1. The van der Waals surface area contributed by atoms with Crippen molar-refractivity contribution in [3.63, 3.8) is 0 Å². The van der Waals surface area contributed by atoms with Crippen LogP contribution < -0.4 is 5.32 Å². The molecule has 0 amide bonds. The SMILES string of the molecule is CCNC(Cc1ncnn1CC(C)C)c1cnc(C)s1. The van der Waals surface area contributed by atoms with Crippen LogP contribution in [0.4, 0.5) is 0 Å². The van der Waals surface area contributed by atoms with Gasteiger partial charge in [0.25, 0.3) is 0 Å². The molecule has 0 aliphatic carbocycles. The lowest BCUT2D eigenvalue weighted by atomic mass is 10.1. The molecular formula is C14H23N5S. The normalized spacial score (nSPS) is 13.1. The number of thiazole rings is 1. The molecule has 1 atom stereocenters. The number of hydrogen-bond donors (Lipinski definition) is 1. The van der Waals surface area contributed by atoms with Crippen molar-refractivity contribution in [2.45, 2.75) is 46.7 Å². The monoisotopic (exact) mass is 293 g/mol. The van der Waals surface area contributed by atoms with Gasteiger partial charge in [0.1, 0.15) is 12.2 Å². The summed E-state index contributed by atoms with van der Waals surface area (Å²) in [6.07, 6.45) is 4.47. The van der Waals surface area contributed by atoms with Crippen molar-refractivity contribution < 1.29 is 0 Å². The van der Waals surface area contributed by atoms with Crippen molar-refractivity contribution in [3.8, 4) is 0 Å². The van der Waals surface area contributed by atoms with Gasteiger partial charge in [-0.1, -0.05) is 20.8 Å². The molecule has 0 saturated heterocycles. The molecule has 5 nitrogen and oxygen atoms in total. The van der Waals surface area contributed by atoms with E-state index in [-0.39, 0.29) is 6.04 Å². The molecule has 0 radical (unpaired) electrons. The van der Waals surface area contributed by atoms with E-state index >= 15 is 0 Å². The van der Waals surface area contributed by atoms with E-state index in [2.05, 4.69) is 41.2 Å². The summed E-state index contributed by atoms with van der Waals surface area (Å²) in [6.45, 7) is 10.4. The minimum atomic E-state index is 0.265. The highest BCUT2D eigenvalue weighted by atomic mass is 32.1. The Hall–Kier alpha value is -1.27. The Morgan fingerprint density at radius 1 is 1.35 bits per heavy atom. The maximum atomic E-state index is 4.42. The number of hydrogen-bond acceptors (Lipinski definition) is 5. The van der Waals surface area contributed by atoms with Crippen LogP contribution in [0.25, 0.3) is 0 Å². The van der Waals surface area contributed by atoms with Gasteiger partial charge < -0.3 is 5.32 Å². The first-order valence-corrected chi connectivity index (χ1v) is 7.94. The summed E-state index contributed by atoms with van der Waals surface area (Å²) in [5.74, 6) is 1.61. The molecule has 110 valence electrons. The summed E-state index contributed by atoms with van der Waals surface area (Å²) in [5.41, 5.74) is 0. The van der Waals surface area contributed by atoms with Crippen LogP contribution in [0.2, 0.25) is 0 Å². The molecule has 0 saturated carbocycles. The Kier molecular flexibility index (Phi) is 5.25. The number of likely N-dealkylation sites (N-methyl/N-ethyl adjacent to an activating group) is 1. The smallest absolute Gasteiger partial charge is 0.138 e. The quantitative estimate of drug-likeness (QED) is 0.852. The molecule has 0 aromatic carbocycles. The van der Waals surface area contributed by atoms with Gasteiger partial charge in [-0.15, -0.1) is 11.3 Å². The van der Waals surface area contributed by atoms with Gasteiger partial charge in [0.2, 0.25) is 0 Å². The van der Waals surface area contributed by atoms with E-state index < -0.39 is 0 Å². The van der Waals surface area contributed by atoms with E-state index in [0.717, 1.165) is 30.3 Å². The van der Waals surface area contributed by atoms with Crippen molar-refractivity contribution in [2.75, 3.05) is 6.54 Å². The van der Waals surface area contributed by atoms with E-state index in [0.29, 0.717) is 5.92 Å². The molecule has 2 heterocycles. The van der Waals surface area contributed by atoms with Gasteiger partial charge in [-0.25, -0.2) is 14.6 Å². The highest BCUT2D eigenvalue weighted by molar-refractivity contribution is 7.11. The largest absolute Gasteiger partial charge is 0.309 e. The summed E-state index contributed by atoms with van der Waals surface area (Å²) in [6, 6.07) is 0.265. The summed E-state index contributed by atoms with van der Waals surface area (Å²) in [4.78, 5) is 10.0. The minimum absolute atomic E-state index is 0.265. The topological polar surface area (TPSA) is 55.6 Å². The zero-order chi connectivity index (χ0) is 14.5. The Balaban J connectivity index is 2.14. The standard InChI is InChI=1S/C14H23N5S/c1-5-15-12(13-7-16-11(4)20-13)6-14-17-9-18-19(14)8-10(2)3/h7,9-10,12,15H,5-6,8H2,1-4H3. The summed E-state index contributed by atoms with van der Waals surface area (Å²) < 4.78 is 2.02. The van der Waals surface area contributed by atoms with Crippen molar-refractivity contribution >= 4 is 11.3 Å². The van der Waals surface area contributed by atoms with E-state index in [9.17, 15) is 0 Å². The molecule has 0 aliphatic heterocycles. The van der Waals surface area contributed by atoms with Crippen LogP contribution in [0.15, 0.2) is 12.5 Å². The van der Waals surface area contributed by atoms with Gasteiger partial charge in [0, 0.05) is 24.0 Å². The lowest BCUT2D eigenvalue weighted by molar-refractivity contribution is 0.448. The van der Waals surface area contributed by atoms with Crippen LogP contribution in [0.3, 0.4) is 0 Å². The first-order valence-electron chi connectivity index (χ1n) is 7.12. The van der Waals surface area contributed by atoms with E-state index in [4.69, 9.17) is 0 Å². The van der Waals surface area contributed by atoms with Crippen molar-refractivity contribution in [1.29, 1.82) is 0 Å². The van der Waals surface area contributed by atoms with Crippen LogP contribution in [0, 0.1) is 12.8 Å². The Labute approximate surface area is 124 Å². The lowest BCUT2D eigenvalue weighted by Gasteiger charge is -2.16. The first-order chi connectivity index (χ1) is 9.60. The van der Waals surface area contributed by atoms with E-state index in [1.165, 1.54) is 4.88 Å². The number of aromatic nitrogens is 4. The summed E-state index contributed by atoms with van der Waals surface area (Å²) in [7, 11) is 0. The molecule has 1 unspecified atom stereocenters. The molecule has 0 spiro atoms. The summed E-state index contributed by atoms with van der Waals surface area (Å²) >= 11 is 1.75. The van der Waals surface area contributed by atoms with Gasteiger partial charge in [-0.3, -0.25) is 0 Å².